The minimum absolute atomic E-state index is 0.341. The van der Waals surface area contributed by atoms with Gasteiger partial charge in [-0.3, -0.25) is 4.90 Å². The summed E-state index contributed by atoms with van der Waals surface area (Å²) in [6.07, 6.45) is 4.48. The zero-order chi connectivity index (χ0) is 10.4. The van der Waals surface area contributed by atoms with Gasteiger partial charge in [0, 0.05) is 6.42 Å². The number of terminal acetylenes is 1. The Kier molecular flexibility index (Phi) is 4.15. The van der Waals surface area contributed by atoms with Crippen molar-refractivity contribution in [3.8, 4) is 12.3 Å². The van der Waals surface area contributed by atoms with Crippen LogP contribution in [0.2, 0.25) is 0 Å². The fourth-order valence-electron chi connectivity index (χ4n) is 1.21. The molecule has 1 rings (SSSR count). The Morgan fingerprint density at radius 3 is 2.64 bits per heavy atom. The highest BCUT2D eigenvalue weighted by Crippen LogP contribution is 2.08. The van der Waals surface area contributed by atoms with E-state index in [0.717, 1.165) is 5.56 Å². The molecule has 1 atom stereocenters. The van der Waals surface area contributed by atoms with Gasteiger partial charge in [-0.25, -0.2) is 4.39 Å². The smallest absolute Gasteiger partial charge is 0.158 e. The molecule has 0 aliphatic rings. The van der Waals surface area contributed by atoms with Crippen LogP contribution in [-0.2, 0) is 6.42 Å². The summed E-state index contributed by atoms with van der Waals surface area (Å²) in [5.41, 5.74) is 0.990. The molecule has 0 aromatic heterocycles. The molecule has 0 heterocycles. The number of halogens is 1. The van der Waals surface area contributed by atoms with Crippen LogP contribution in [-0.4, -0.2) is 24.8 Å². The van der Waals surface area contributed by atoms with Gasteiger partial charge in [-0.05, 0) is 12.6 Å². The van der Waals surface area contributed by atoms with Crippen molar-refractivity contribution in [3.05, 3.63) is 35.9 Å². The molecule has 1 aromatic carbocycles. The molecule has 1 aromatic rings. The van der Waals surface area contributed by atoms with Gasteiger partial charge in [-0.1, -0.05) is 36.3 Å². The molecular weight excluding hydrogens is 176 g/mol. The first-order valence-electron chi connectivity index (χ1n) is 4.55. The predicted molar refractivity (Wildman–Crippen MR) is 56.5 cm³/mol. The molecule has 0 spiro atoms. The van der Waals surface area contributed by atoms with Gasteiger partial charge in [0.15, 0.2) is 6.30 Å². The van der Waals surface area contributed by atoms with Crippen molar-refractivity contribution in [1.29, 1.82) is 0 Å². The number of hydrogen-bond acceptors (Lipinski definition) is 1. The van der Waals surface area contributed by atoms with Crippen LogP contribution in [0.25, 0.3) is 0 Å². The van der Waals surface area contributed by atoms with Gasteiger partial charge in [0.1, 0.15) is 0 Å². The van der Waals surface area contributed by atoms with E-state index in [0.29, 0.717) is 13.0 Å². The van der Waals surface area contributed by atoms with E-state index in [1.165, 1.54) is 4.90 Å². The molecule has 14 heavy (non-hydrogen) atoms. The van der Waals surface area contributed by atoms with Gasteiger partial charge in [-0.2, -0.15) is 0 Å². The average molecular weight is 190 g/mol. The third-order valence-corrected chi connectivity index (χ3v) is 2.07. The molecule has 0 saturated carbocycles. The van der Waals surface area contributed by atoms with Crippen molar-refractivity contribution in [2.45, 2.75) is 12.7 Å². The summed E-state index contributed by atoms with van der Waals surface area (Å²) in [4.78, 5) is 1.52. The third-order valence-electron chi connectivity index (χ3n) is 2.07. The van der Waals surface area contributed by atoms with E-state index in [4.69, 9.17) is 6.42 Å². The van der Waals surface area contributed by atoms with Crippen LogP contribution in [0, 0.1) is 12.3 Å². The van der Waals surface area contributed by atoms with Crippen molar-refractivity contribution < 1.29 is 4.39 Å². The molecule has 0 bridgehead atoms. The predicted octanol–water partition coefficient (Wildman–Crippen LogP) is 2.09. The molecule has 2 heteroatoms. The summed E-state index contributed by atoms with van der Waals surface area (Å²) < 4.78 is 13.5. The topological polar surface area (TPSA) is 3.24 Å². The third kappa shape index (κ3) is 3.20. The Balaban J connectivity index is 2.49. The summed E-state index contributed by atoms with van der Waals surface area (Å²) >= 11 is 0. The fraction of sp³-hybridized carbons (Fsp3) is 0.333. The van der Waals surface area contributed by atoms with Crippen molar-refractivity contribution in [1.82, 2.24) is 4.90 Å². The van der Waals surface area contributed by atoms with Crippen LogP contribution >= 0.6 is 0 Å². The number of hydrogen-bond donors (Lipinski definition) is 0. The molecule has 0 aliphatic carbocycles. The van der Waals surface area contributed by atoms with Crippen LogP contribution in [0.1, 0.15) is 5.56 Å². The normalized spacial score (nSPS) is 12.4. The van der Waals surface area contributed by atoms with E-state index in [1.807, 2.05) is 30.3 Å². The highest BCUT2D eigenvalue weighted by Gasteiger charge is 2.11. The van der Waals surface area contributed by atoms with E-state index < -0.39 is 6.30 Å². The number of alkyl halides is 1. The lowest BCUT2D eigenvalue weighted by Crippen LogP contribution is -2.29. The first-order chi connectivity index (χ1) is 6.74. The largest absolute Gasteiger partial charge is 0.266 e. The zero-order valence-electron chi connectivity index (χ0n) is 8.28. The molecule has 1 unspecified atom stereocenters. The maximum absolute atomic E-state index is 13.5. The fourth-order valence-corrected chi connectivity index (χ4v) is 1.21. The van der Waals surface area contributed by atoms with Gasteiger partial charge in [-0.15, -0.1) is 6.42 Å². The molecular formula is C12H14FN. The minimum Gasteiger partial charge on any atom is -0.266 e. The van der Waals surface area contributed by atoms with Crippen LogP contribution in [0.5, 0.6) is 0 Å². The number of rotatable bonds is 4. The minimum atomic E-state index is -1.01. The average Bonchev–Trinajstić information content (AvgIpc) is 2.19. The van der Waals surface area contributed by atoms with E-state index in [9.17, 15) is 4.39 Å². The molecule has 0 fully saturated rings. The Bertz CT molecular complexity index is 302. The van der Waals surface area contributed by atoms with E-state index in [1.54, 1.807) is 7.05 Å². The molecule has 0 radical (unpaired) electrons. The lowest BCUT2D eigenvalue weighted by molar-refractivity contribution is 0.125. The summed E-state index contributed by atoms with van der Waals surface area (Å²) in [6, 6.07) is 9.56. The molecule has 74 valence electrons. The number of likely N-dealkylation sites (N-methyl/N-ethyl adjacent to an activating group) is 1. The lowest BCUT2D eigenvalue weighted by atomic mass is 10.1. The first kappa shape index (κ1) is 10.7. The second-order valence-corrected chi connectivity index (χ2v) is 3.24. The summed E-state index contributed by atoms with van der Waals surface area (Å²) in [5, 5.41) is 0. The van der Waals surface area contributed by atoms with Crippen molar-refractivity contribution in [3.63, 3.8) is 0 Å². The highest BCUT2D eigenvalue weighted by atomic mass is 18.2. The van der Waals surface area contributed by atoms with E-state index >= 15 is 0 Å². The quantitative estimate of drug-likeness (QED) is 0.519. The second-order valence-electron chi connectivity index (χ2n) is 3.24. The monoisotopic (exact) mass is 190 g/mol. The number of nitrogens with zero attached hydrogens (tertiary/aromatic N) is 1. The molecule has 1 nitrogen and oxygen atoms in total. The number of benzene rings is 1. The lowest BCUT2D eigenvalue weighted by Gasteiger charge is -2.18. The zero-order valence-corrected chi connectivity index (χ0v) is 8.28. The van der Waals surface area contributed by atoms with Crippen molar-refractivity contribution in [2.24, 2.45) is 0 Å². The molecule has 0 aliphatic heterocycles. The Hall–Kier alpha value is -1.33. The van der Waals surface area contributed by atoms with E-state index in [2.05, 4.69) is 5.92 Å². The Labute approximate surface area is 84.5 Å². The molecule has 0 N–H and O–H groups in total. The van der Waals surface area contributed by atoms with Gasteiger partial charge in [0.2, 0.25) is 0 Å². The van der Waals surface area contributed by atoms with Crippen molar-refractivity contribution >= 4 is 0 Å². The summed E-state index contributed by atoms with van der Waals surface area (Å²) in [5.74, 6) is 2.42. The van der Waals surface area contributed by atoms with Crippen LogP contribution in [0.15, 0.2) is 30.3 Å². The van der Waals surface area contributed by atoms with Crippen LogP contribution in [0.4, 0.5) is 4.39 Å². The van der Waals surface area contributed by atoms with Gasteiger partial charge >= 0.3 is 0 Å². The maximum Gasteiger partial charge on any atom is 0.158 e. The second kappa shape index (κ2) is 5.41. The molecule has 0 amide bonds. The van der Waals surface area contributed by atoms with Crippen LogP contribution < -0.4 is 0 Å². The standard InChI is InChI=1S/C12H14FN/c1-3-9-14(2)12(13)10-11-7-5-4-6-8-11/h1,4-8,12H,9-10H2,2H3/i13-1. The van der Waals surface area contributed by atoms with Crippen molar-refractivity contribution in [2.75, 3.05) is 13.6 Å². The summed E-state index contributed by atoms with van der Waals surface area (Å²) in [6.45, 7) is 0.341. The highest BCUT2D eigenvalue weighted by molar-refractivity contribution is 5.15. The van der Waals surface area contributed by atoms with Gasteiger partial charge < -0.3 is 0 Å². The summed E-state index contributed by atoms with van der Waals surface area (Å²) in [7, 11) is 1.69. The molecule has 0 saturated heterocycles. The Morgan fingerprint density at radius 2 is 2.07 bits per heavy atom. The van der Waals surface area contributed by atoms with Gasteiger partial charge in [0.05, 0.1) is 6.54 Å². The Morgan fingerprint density at radius 1 is 1.43 bits per heavy atom. The SMILES string of the molecule is C#CCN(C)C([18F])Cc1ccccc1. The van der Waals surface area contributed by atoms with E-state index in [-0.39, 0.29) is 0 Å². The van der Waals surface area contributed by atoms with Gasteiger partial charge in [0.25, 0.3) is 0 Å². The first-order valence-corrected chi connectivity index (χ1v) is 4.55. The van der Waals surface area contributed by atoms with Crippen LogP contribution in [0.3, 0.4) is 0 Å². The maximum atomic E-state index is 13.5.